The van der Waals surface area contributed by atoms with Crippen molar-refractivity contribution in [3.63, 3.8) is 0 Å². The highest BCUT2D eigenvalue weighted by molar-refractivity contribution is 14.1. The van der Waals surface area contributed by atoms with Gasteiger partial charge < -0.3 is 15.3 Å². The number of hydrogen-bond donors (Lipinski definition) is 2. The van der Waals surface area contributed by atoms with Crippen LogP contribution in [0, 0.1) is 10.5 Å². The van der Waals surface area contributed by atoms with Gasteiger partial charge in [-0.1, -0.05) is 6.07 Å². The molecule has 0 aliphatic carbocycles. The minimum absolute atomic E-state index is 0.112. The van der Waals surface area contributed by atoms with Crippen molar-refractivity contribution in [3.8, 4) is 5.75 Å². The van der Waals surface area contributed by atoms with Gasteiger partial charge >= 0.3 is 0 Å². The van der Waals surface area contributed by atoms with Crippen molar-refractivity contribution in [3.05, 3.63) is 51.1 Å². The van der Waals surface area contributed by atoms with Gasteiger partial charge in [0, 0.05) is 31.0 Å². The number of hydrogen-bond acceptors (Lipinski definition) is 3. The lowest BCUT2D eigenvalue weighted by Crippen LogP contribution is -2.14. The predicted octanol–water partition coefficient (Wildman–Crippen LogP) is 3.62. The van der Waals surface area contributed by atoms with Crippen LogP contribution in [-0.2, 0) is 0 Å². The first kappa shape index (κ1) is 15.6. The molecule has 0 aromatic heterocycles. The summed E-state index contributed by atoms with van der Waals surface area (Å²) in [5, 5.41) is 12.5. The van der Waals surface area contributed by atoms with Gasteiger partial charge in [0.15, 0.2) is 0 Å². The molecule has 0 atom stereocenters. The van der Waals surface area contributed by atoms with Crippen LogP contribution < -0.4 is 10.2 Å². The number of benzene rings is 2. The number of carbonyl (C=O) groups is 1. The normalized spacial score (nSPS) is 10.3. The van der Waals surface area contributed by atoms with E-state index >= 15 is 0 Å². The van der Waals surface area contributed by atoms with Crippen molar-refractivity contribution in [2.24, 2.45) is 0 Å². The summed E-state index contributed by atoms with van der Waals surface area (Å²) in [5.41, 5.74) is 3.36. The predicted molar refractivity (Wildman–Crippen MR) is 94.3 cm³/mol. The van der Waals surface area contributed by atoms with E-state index in [1.165, 1.54) is 6.07 Å². The van der Waals surface area contributed by atoms with Crippen LogP contribution in [0.2, 0.25) is 0 Å². The van der Waals surface area contributed by atoms with Gasteiger partial charge in [-0.2, -0.15) is 0 Å². The Morgan fingerprint density at radius 1 is 1.19 bits per heavy atom. The minimum Gasteiger partial charge on any atom is -0.507 e. The summed E-state index contributed by atoms with van der Waals surface area (Å²) in [5.74, 6) is -0.128. The Morgan fingerprint density at radius 2 is 1.90 bits per heavy atom. The van der Waals surface area contributed by atoms with Crippen LogP contribution in [0.15, 0.2) is 36.4 Å². The van der Waals surface area contributed by atoms with Crippen LogP contribution in [0.3, 0.4) is 0 Å². The molecule has 0 spiro atoms. The van der Waals surface area contributed by atoms with Crippen molar-refractivity contribution >= 4 is 39.9 Å². The molecule has 2 rings (SSSR count). The Labute approximate surface area is 137 Å². The highest BCUT2D eigenvalue weighted by Crippen LogP contribution is 2.24. The van der Waals surface area contributed by atoms with Gasteiger partial charge in [0.25, 0.3) is 5.91 Å². The molecule has 0 aliphatic rings. The first-order chi connectivity index (χ1) is 9.88. The molecule has 0 saturated heterocycles. The average molecular weight is 396 g/mol. The summed E-state index contributed by atoms with van der Waals surface area (Å²) in [6, 6.07) is 10.6. The third-order valence-electron chi connectivity index (χ3n) is 3.16. The summed E-state index contributed by atoms with van der Waals surface area (Å²) in [7, 11) is 3.93. The zero-order valence-corrected chi connectivity index (χ0v) is 14.3. The highest BCUT2D eigenvalue weighted by Gasteiger charge is 2.10. The summed E-state index contributed by atoms with van der Waals surface area (Å²) < 4.78 is 0.717. The second-order valence-corrected chi connectivity index (χ2v) is 6.18. The lowest BCUT2D eigenvalue weighted by atomic mass is 10.1. The SMILES string of the molecule is Cc1ccc(NC(=O)c2ccc(I)c(O)c2)cc1N(C)C. The Bertz CT molecular complexity index is 684. The number of amides is 1. The van der Waals surface area contributed by atoms with Crippen LogP contribution >= 0.6 is 22.6 Å². The number of phenols is 1. The highest BCUT2D eigenvalue weighted by atomic mass is 127. The summed E-state index contributed by atoms with van der Waals surface area (Å²) >= 11 is 2.02. The molecule has 0 radical (unpaired) electrons. The van der Waals surface area contributed by atoms with Crippen molar-refractivity contribution in [2.75, 3.05) is 24.3 Å². The zero-order chi connectivity index (χ0) is 15.6. The number of phenolic OH excluding ortho intramolecular Hbond substituents is 1. The number of carbonyl (C=O) groups excluding carboxylic acids is 1. The number of halogens is 1. The van der Waals surface area contributed by atoms with Gasteiger partial charge in [-0.3, -0.25) is 4.79 Å². The molecule has 0 unspecified atom stereocenters. The standard InChI is InChI=1S/C16H17IN2O2/c1-10-4-6-12(9-14(10)19(2)3)18-16(21)11-5-7-13(17)15(20)8-11/h4-9,20H,1-3H3,(H,18,21). The third-order valence-corrected chi connectivity index (χ3v) is 4.07. The minimum atomic E-state index is -0.241. The van der Waals surface area contributed by atoms with E-state index in [0.717, 1.165) is 20.5 Å². The van der Waals surface area contributed by atoms with Crippen LogP contribution in [0.5, 0.6) is 5.75 Å². The monoisotopic (exact) mass is 396 g/mol. The molecule has 21 heavy (non-hydrogen) atoms. The number of nitrogens with one attached hydrogen (secondary N) is 1. The fourth-order valence-electron chi connectivity index (χ4n) is 2.03. The molecule has 1 amide bonds. The Morgan fingerprint density at radius 3 is 2.52 bits per heavy atom. The van der Waals surface area contributed by atoms with E-state index < -0.39 is 0 Å². The van der Waals surface area contributed by atoms with Crippen molar-refractivity contribution < 1.29 is 9.90 Å². The summed E-state index contributed by atoms with van der Waals surface area (Å²) in [6.07, 6.45) is 0. The largest absolute Gasteiger partial charge is 0.507 e. The molecular formula is C16H17IN2O2. The maximum Gasteiger partial charge on any atom is 0.255 e. The van der Waals surface area contributed by atoms with Crippen LogP contribution in [0.4, 0.5) is 11.4 Å². The summed E-state index contributed by atoms with van der Waals surface area (Å²) in [4.78, 5) is 14.2. The fourth-order valence-corrected chi connectivity index (χ4v) is 2.36. The van der Waals surface area contributed by atoms with Crippen LogP contribution in [-0.4, -0.2) is 25.1 Å². The smallest absolute Gasteiger partial charge is 0.255 e. The van der Waals surface area contributed by atoms with E-state index in [9.17, 15) is 9.90 Å². The number of aryl methyl sites for hydroxylation is 1. The molecule has 2 aromatic rings. The van der Waals surface area contributed by atoms with Gasteiger partial charge in [0.05, 0.1) is 3.57 Å². The molecule has 4 nitrogen and oxygen atoms in total. The molecule has 2 N–H and O–H groups in total. The molecule has 2 aromatic carbocycles. The van der Waals surface area contributed by atoms with Crippen molar-refractivity contribution in [1.29, 1.82) is 0 Å². The molecule has 0 bridgehead atoms. The second kappa shape index (κ2) is 6.34. The molecule has 0 saturated carbocycles. The quantitative estimate of drug-likeness (QED) is 0.780. The second-order valence-electron chi connectivity index (χ2n) is 5.02. The molecule has 110 valence electrons. The van der Waals surface area contributed by atoms with E-state index in [4.69, 9.17) is 0 Å². The maximum atomic E-state index is 12.2. The van der Waals surface area contributed by atoms with Gasteiger partial charge in [-0.25, -0.2) is 0 Å². The molecule has 0 heterocycles. The van der Waals surface area contributed by atoms with E-state index in [1.54, 1.807) is 12.1 Å². The van der Waals surface area contributed by atoms with E-state index in [0.29, 0.717) is 5.56 Å². The van der Waals surface area contributed by atoms with Gasteiger partial charge in [0.1, 0.15) is 5.75 Å². The Hall–Kier alpha value is -1.76. The number of anilines is 2. The van der Waals surface area contributed by atoms with Crippen LogP contribution in [0.25, 0.3) is 0 Å². The Kier molecular flexibility index (Phi) is 4.72. The number of nitrogens with zero attached hydrogens (tertiary/aromatic N) is 1. The number of aromatic hydroxyl groups is 1. The molecule has 0 aliphatic heterocycles. The summed E-state index contributed by atoms with van der Waals surface area (Å²) in [6.45, 7) is 2.03. The average Bonchev–Trinajstić information content (AvgIpc) is 2.43. The topological polar surface area (TPSA) is 52.6 Å². The number of rotatable bonds is 3. The van der Waals surface area contributed by atoms with E-state index in [-0.39, 0.29) is 11.7 Å². The Balaban J connectivity index is 2.23. The lowest BCUT2D eigenvalue weighted by Gasteiger charge is -2.17. The fraction of sp³-hybridized carbons (Fsp3) is 0.188. The molecule has 5 heteroatoms. The van der Waals surface area contributed by atoms with Crippen molar-refractivity contribution in [1.82, 2.24) is 0 Å². The molecule has 0 fully saturated rings. The van der Waals surface area contributed by atoms with Crippen molar-refractivity contribution in [2.45, 2.75) is 6.92 Å². The van der Waals surface area contributed by atoms with Crippen LogP contribution in [0.1, 0.15) is 15.9 Å². The third kappa shape index (κ3) is 3.66. The zero-order valence-electron chi connectivity index (χ0n) is 12.1. The maximum absolute atomic E-state index is 12.2. The van der Waals surface area contributed by atoms with Gasteiger partial charge in [-0.15, -0.1) is 0 Å². The lowest BCUT2D eigenvalue weighted by molar-refractivity contribution is 0.102. The first-order valence-electron chi connectivity index (χ1n) is 6.46. The van der Waals surface area contributed by atoms with Gasteiger partial charge in [-0.05, 0) is 65.4 Å². The van der Waals surface area contributed by atoms with Gasteiger partial charge in [0.2, 0.25) is 0 Å². The van der Waals surface area contributed by atoms with E-state index in [2.05, 4.69) is 5.32 Å². The molecular weight excluding hydrogens is 379 g/mol. The van der Waals surface area contributed by atoms with E-state index in [1.807, 2.05) is 66.7 Å². The first-order valence-corrected chi connectivity index (χ1v) is 7.54.